The van der Waals surface area contributed by atoms with E-state index in [1.807, 2.05) is 0 Å². The van der Waals surface area contributed by atoms with Crippen molar-refractivity contribution < 1.29 is 13.2 Å². The number of rotatable bonds is 4. The number of hydrogen-bond donors (Lipinski definition) is 1. The summed E-state index contributed by atoms with van der Waals surface area (Å²) in [6.45, 7) is 3.35. The SMILES string of the molecule is Cc1cccc(C)c1S(=O)(=O)NC(=O)c1cn(C)c(-c2ncccc2Cl)n1. The summed E-state index contributed by atoms with van der Waals surface area (Å²) in [7, 11) is -2.37. The smallest absolute Gasteiger partial charge is 0.285 e. The number of pyridine rings is 1. The van der Waals surface area contributed by atoms with Crippen LogP contribution in [-0.4, -0.2) is 28.9 Å². The first kappa shape index (κ1) is 19.1. The third kappa shape index (κ3) is 3.72. The Labute approximate surface area is 162 Å². The average Bonchev–Trinajstić information content (AvgIpc) is 2.96. The minimum absolute atomic E-state index is 0.0518. The third-order valence-electron chi connectivity index (χ3n) is 3.98. The first-order valence-corrected chi connectivity index (χ1v) is 9.84. The van der Waals surface area contributed by atoms with Gasteiger partial charge in [0.1, 0.15) is 11.4 Å². The zero-order valence-corrected chi connectivity index (χ0v) is 16.5. The topological polar surface area (TPSA) is 94.0 Å². The molecule has 0 spiro atoms. The second-order valence-electron chi connectivity index (χ2n) is 6.05. The molecule has 0 aliphatic rings. The number of carbonyl (C=O) groups is 1. The van der Waals surface area contributed by atoms with Crippen molar-refractivity contribution in [3.8, 4) is 11.5 Å². The lowest BCUT2D eigenvalue weighted by molar-refractivity contribution is 0.0977. The van der Waals surface area contributed by atoms with Crippen LogP contribution in [0, 0.1) is 13.8 Å². The van der Waals surface area contributed by atoms with Gasteiger partial charge in [-0.05, 0) is 37.1 Å². The zero-order chi connectivity index (χ0) is 19.8. The molecule has 0 saturated carbocycles. The van der Waals surface area contributed by atoms with Crippen molar-refractivity contribution in [2.45, 2.75) is 18.7 Å². The van der Waals surface area contributed by atoms with Crippen LogP contribution in [0.5, 0.6) is 0 Å². The van der Waals surface area contributed by atoms with E-state index in [4.69, 9.17) is 11.6 Å². The maximum Gasteiger partial charge on any atom is 0.285 e. The van der Waals surface area contributed by atoms with Crippen LogP contribution in [0.15, 0.2) is 47.6 Å². The number of sulfonamides is 1. The molecule has 7 nitrogen and oxygen atoms in total. The van der Waals surface area contributed by atoms with Crippen LogP contribution in [-0.2, 0) is 17.1 Å². The highest BCUT2D eigenvalue weighted by atomic mass is 35.5. The molecule has 0 aliphatic carbocycles. The van der Waals surface area contributed by atoms with Crippen LogP contribution in [0.2, 0.25) is 5.02 Å². The number of imidazole rings is 1. The third-order valence-corrected chi connectivity index (χ3v) is 5.92. The quantitative estimate of drug-likeness (QED) is 0.721. The molecule has 0 aliphatic heterocycles. The summed E-state index contributed by atoms with van der Waals surface area (Å²) in [6.07, 6.45) is 2.98. The maximum atomic E-state index is 12.7. The van der Waals surface area contributed by atoms with Crippen molar-refractivity contribution in [1.29, 1.82) is 0 Å². The second kappa shape index (κ2) is 7.13. The van der Waals surface area contributed by atoms with Crippen LogP contribution >= 0.6 is 11.6 Å². The first-order chi connectivity index (χ1) is 12.7. The second-order valence-corrected chi connectivity index (χ2v) is 8.08. The molecule has 0 radical (unpaired) electrons. The number of aromatic nitrogens is 3. The lowest BCUT2D eigenvalue weighted by atomic mass is 10.2. The van der Waals surface area contributed by atoms with E-state index in [0.29, 0.717) is 27.7 Å². The number of aryl methyl sites for hydroxylation is 3. The molecule has 3 rings (SSSR count). The Kier molecular flexibility index (Phi) is 5.03. The molecule has 27 heavy (non-hydrogen) atoms. The Balaban J connectivity index is 1.94. The molecule has 0 saturated heterocycles. The Bertz CT molecular complexity index is 1120. The highest BCUT2D eigenvalue weighted by Gasteiger charge is 2.25. The van der Waals surface area contributed by atoms with Gasteiger partial charge in [0.25, 0.3) is 15.9 Å². The van der Waals surface area contributed by atoms with E-state index >= 15 is 0 Å². The van der Waals surface area contributed by atoms with Gasteiger partial charge in [-0.1, -0.05) is 29.8 Å². The van der Waals surface area contributed by atoms with Crippen LogP contribution in [0.3, 0.4) is 0 Å². The number of hydrogen-bond acceptors (Lipinski definition) is 5. The van der Waals surface area contributed by atoms with Gasteiger partial charge in [-0.2, -0.15) is 0 Å². The van der Waals surface area contributed by atoms with Gasteiger partial charge >= 0.3 is 0 Å². The summed E-state index contributed by atoms with van der Waals surface area (Å²) in [5, 5.41) is 0.376. The normalized spacial score (nSPS) is 11.4. The monoisotopic (exact) mass is 404 g/mol. The molecule has 0 fully saturated rings. The fraction of sp³-hybridized carbons (Fsp3) is 0.167. The predicted molar refractivity (Wildman–Crippen MR) is 102 cm³/mol. The molecule has 1 N–H and O–H groups in total. The molecule has 1 amide bonds. The summed E-state index contributed by atoms with van der Waals surface area (Å²) in [4.78, 5) is 21.0. The number of nitrogens with one attached hydrogen (secondary N) is 1. The molecule has 0 unspecified atom stereocenters. The van der Waals surface area contributed by atoms with Crippen LogP contribution in [0.4, 0.5) is 0 Å². The molecule has 9 heteroatoms. The molecular weight excluding hydrogens is 388 g/mol. The van der Waals surface area contributed by atoms with E-state index < -0.39 is 15.9 Å². The van der Waals surface area contributed by atoms with Crippen molar-refractivity contribution >= 4 is 27.5 Å². The molecule has 2 heterocycles. The lowest BCUT2D eigenvalue weighted by Crippen LogP contribution is -2.31. The summed E-state index contributed by atoms with van der Waals surface area (Å²) in [5.74, 6) is -0.471. The highest BCUT2D eigenvalue weighted by molar-refractivity contribution is 7.90. The highest BCUT2D eigenvalue weighted by Crippen LogP contribution is 2.24. The molecular formula is C18H17ClN4O3S. The average molecular weight is 405 g/mol. The summed E-state index contributed by atoms with van der Waals surface area (Å²) in [5.41, 5.74) is 1.46. The van der Waals surface area contributed by atoms with Gasteiger partial charge in [0.05, 0.1) is 9.92 Å². The molecule has 3 aromatic rings. The Morgan fingerprint density at radius 3 is 2.44 bits per heavy atom. The Morgan fingerprint density at radius 1 is 1.15 bits per heavy atom. The van der Waals surface area contributed by atoms with Gasteiger partial charge in [0, 0.05) is 19.4 Å². The number of amides is 1. The molecule has 0 atom stereocenters. The van der Waals surface area contributed by atoms with Gasteiger partial charge in [0.2, 0.25) is 0 Å². The number of nitrogens with zero attached hydrogens (tertiary/aromatic N) is 3. The Hall–Kier alpha value is -2.71. The number of carbonyl (C=O) groups excluding carboxylic acids is 1. The van der Waals surface area contributed by atoms with E-state index in [1.165, 1.54) is 6.20 Å². The van der Waals surface area contributed by atoms with E-state index in [0.717, 1.165) is 0 Å². The van der Waals surface area contributed by atoms with E-state index in [2.05, 4.69) is 14.7 Å². The summed E-state index contributed by atoms with van der Waals surface area (Å²) in [6, 6.07) is 8.44. The maximum absolute atomic E-state index is 12.7. The molecule has 1 aromatic carbocycles. The van der Waals surface area contributed by atoms with E-state index in [-0.39, 0.29) is 10.6 Å². The van der Waals surface area contributed by atoms with Crippen LogP contribution in [0.1, 0.15) is 21.6 Å². The standard InChI is InChI=1S/C18H17ClN4O3S/c1-11-6-4-7-12(2)16(11)27(25,26)22-18(24)14-10-23(3)17(21-14)15-13(19)8-5-9-20-15/h4-10H,1-3H3,(H,22,24). The van der Waals surface area contributed by atoms with Crippen molar-refractivity contribution in [3.63, 3.8) is 0 Å². The lowest BCUT2D eigenvalue weighted by Gasteiger charge is -2.11. The van der Waals surface area contributed by atoms with Gasteiger partial charge < -0.3 is 4.57 Å². The molecule has 2 aromatic heterocycles. The Morgan fingerprint density at radius 2 is 1.81 bits per heavy atom. The van der Waals surface area contributed by atoms with Crippen LogP contribution in [0.25, 0.3) is 11.5 Å². The minimum Gasteiger partial charge on any atom is -0.332 e. The molecule has 0 bridgehead atoms. The predicted octanol–water partition coefficient (Wildman–Crippen LogP) is 2.87. The van der Waals surface area contributed by atoms with Crippen molar-refractivity contribution in [1.82, 2.24) is 19.3 Å². The minimum atomic E-state index is -4.04. The van der Waals surface area contributed by atoms with E-state index in [9.17, 15) is 13.2 Å². The fourth-order valence-corrected chi connectivity index (χ4v) is 4.44. The summed E-state index contributed by atoms with van der Waals surface area (Å²) < 4.78 is 29.0. The van der Waals surface area contributed by atoms with Gasteiger partial charge in [0.15, 0.2) is 5.82 Å². The number of benzene rings is 1. The van der Waals surface area contributed by atoms with Crippen molar-refractivity contribution in [2.24, 2.45) is 7.05 Å². The van der Waals surface area contributed by atoms with Gasteiger partial charge in [-0.3, -0.25) is 9.78 Å². The number of halogens is 1. The van der Waals surface area contributed by atoms with Gasteiger partial charge in [-0.25, -0.2) is 18.1 Å². The zero-order valence-electron chi connectivity index (χ0n) is 14.9. The molecule has 140 valence electrons. The van der Waals surface area contributed by atoms with Gasteiger partial charge in [-0.15, -0.1) is 0 Å². The fourth-order valence-electron chi connectivity index (χ4n) is 2.79. The largest absolute Gasteiger partial charge is 0.332 e. The van der Waals surface area contributed by atoms with Crippen molar-refractivity contribution in [3.05, 3.63) is 64.6 Å². The van der Waals surface area contributed by atoms with E-state index in [1.54, 1.807) is 62.0 Å². The van der Waals surface area contributed by atoms with Crippen LogP contribution < -0.4 is 4.72 Å². The summed E-state index contributed by atoms with van der Waals surface area (Å²) >= 11 is 6.13. The first-order valence-electron chi connectivity index (χ1n) is 7.98. The van der Waals surface area contributed by atoms with Crippen molar-refractivity contribution in [2.75, 3.05) is 0 Å².